The Morgan fingerprint density at radius 3 is 2.86 bits per heavy atom. The summed E-state index contributed by atoms with van der Waals surface area (Å²) in [6.45, 7) is 2.13. The van der Waals surface area contributed by atoms with Crippen LogP contribution in [0.15, 0.2) is 46.2 Å². The Morgan fingerprint density at radius 2 is 2.14 bits per heavy atom. The first-order chi connectivity index (χ1) is 13.9. The van der Waals surface area contributed by atoms with Gasteiger partial charge in [0.2, 0.25) is 0 Å². The maximum atomic E-state index is 12.3. The largest absolute Gasteiger partial charge is 0.394 e. The Kier molecular flexibility index (Phi) is 5.14. The summed E-state index contributed by atoms with van der Waals surface area (Å²) < 4.78 is 8.31. The second-order valence-electron chi connectivity index (χ2n) is 7.11. The lowest BCUT2D eigenvalue weighted by atomic mass is 10.1. The monoisotopic (exact) mass is 399 g/mol. The second-order valence-corrected chi connectivity index (χ2v) is 7.11. The molecule has 0 saturated carbocycles. The first-order valence-corrected chi connectivity index (χ1v) is 9.20. The quantitative estimate of drug-likeness (QED) is 0.540. The van der Waals surface area contributed by atoms with Crippen molar-refractivity contribution in [3.8, 4) is 11.3 Å². The molecule has 1 unspecified atom stereocenters. The molecule has 3 atom stereocenters. The third kappa shape index (κ3) is 3.90. The number of aliphatic hydroxyl groups excluding tert-OH is 2. The number of nitrogens with zero attached hydrogens (tertiary/aromatic N) is 4. The number of rotatable bonds is 5. The molecule has 0 bridgehead atoms. The summed E-state index contributed by atoms with van der Waals surface area (Å²) in [6, 6.07) is 7.97. The van der Waals surface area contributed by atoms with Gasteiger partial charge in [-0.25, -0.2) is 9.48 Å². The van der Waals surface area contributed by atoms with Crippen LogP contribution in [0, 0.1) is 6.92 Å². The molecule has 10 heteroatoms. The van der Waals surface area contributed by atoms with Crippen molar-refractivity contribution in [1.82, 2.24) is 24.5 Å². The van der Waals surface area contributed by atoms with E-state index >= 15 is 0 Å². The SMILES string of the molecule is Cc1cccc(Cn2cc(-c3cn([C@@H]4CC(O)[C@H](CO)O4)c(=O)[nH]c3=O)nn2)c1. The molecule has 3 aromatic rings. The first kappa shape index (κ1) is 19.2. The fourth-order valence-electron chi connectivity index (χ4n) is 3.43. The summed E-state index contributed by atoms with van der Waals surface area (Å²) in [5.41, 5.74) is 1.39. The highest BCUT2D eigenvalue weighted by Crippen LogP contribution is 2.27. The van der Waals surface area contributed by atoms with Crippen molar-refractivity contribution in [2.75, 3.05) is 6.61 Å². The van der Waals surface area contributed by atoms with E-state index in [1.54, 1.807) is 10.9 Å². The minimum atomic E-state index is -0.900. The fraction of sp³-hybridized carbons (Fsp3) is 0.368. The van der Waals surface area contributed by atoms with E-state index in [0.717, 1.165) is 11.1 Å². The van der Waals surface area contributed by atoms with Crippen molar-refractivity contribution in [3.63, 3.8) is 0 Å². The van der Waals surface area contributed by atoms with Gasteiger partial charge in [-0.2, -0.15) is 0 Å². The summed E-state index contributed by atoms with van der Waals surface area (Å²) in [6.07, 6.45) is 0.617. The van der Waals surface area contributed by atoms with Crippen molar-refractivity contribution in [1.29, 1.82) is 0 Å². The van der Waals surface area contributed by atoms with Gasteiger partial charge in [-0.3, -0.25) is 14.3 Å². The van der Waals surface area contributed by atoms with Crippen molar-refractivity contribution in [2.45, 2.75) is 38.3 Å². The number of benzene rings is 1. The average molecular weight is 399 g/mol. The van der Waals surface area contributed by atoms with E-state index in [1.165, 1.54) is 10.8 Å². The lowest BCUT2D eigenvalue weighted by Crippen LogP contribution is -2.33. The van der Waals surface area contributed by atoms with E-state index < -0.39 is 29.7 Å². The molecule has 0 aliphatic carbocycles. The molecular weight excluding hydrogens is 378 g/mol. The lowest BCUT2D eigenvalue weighted by Gasteiger charge is -2.14. The van der Waals surface area contributed by atoms with Gasteiger partial charge in [0.15, 0.2) is 0 Å². The van der Waals surface area contributed by atoms with Crippen LogP contribution in [-0.4, -0.2) is 53.6 Å². The highest BCUT2D eigenvalue weighted by atomic mass is 16.5. The van der Waals surface area contributed by atoms with Crippen molar-refractivity contribution < 1.29 is 14.9 Å². The molecule has 1 fully saturated rings. The van der Waals surface area contributed by atoms with Gasteiger partial charge in [0.1, 0.15) is 18.0 Å². The Bertz CT molecular complexity index is 1130. The molecule has 2 aromatic heterocycles. The van der Waals surface area contributed by atoms with Crippen LogP contribution in [0.2, 0.25) is 0 Å². The van der Waals surface area contributed by atoms with E-state index in [9.17, 15) is 19.8 Å². The smallest absolute Gasteiger partial charge is 0.330 e. The third-order valence-electron chi connectivity index (χ3n) is 4.90. The van der Waals surface area contributed by atoms with Crippen molar-refractivity contribution in [2.24, 2.45) is 0 Å². The highest BCUT2D eigenvalue weighted by molar-refractivity contribution is 5.54. The molecule has 0 radical (unpaired) electrons. The zero-order chi connectivity index (χ0) is 20.5. The van der Waals surface area contributed by atoms with Crippen LogP contribution >= 0.6 is 0 Å². The standard InChI is InChI=1S/C19H21N5O5/c1-11-3-2-4-12(5-11)7-23-9-14(21-22-23)13-8-24(19(28)20-18(13)27)17-6-15(26)16(10-25)29-17/h2-5,8-9,15-17,25-26H,6-7,10H2,1H3,(H,20,27,28)/t15?,16-,17-/m0/s1. The number of aromatic nitrogens is 5. The van der Waals surface area contributed by atoms with Gasteiger partial charge in [-0.15, -0.1) is 5.10 Å². The first-order valence-electron chi connectivity index (χ1n) is 9.20. The molecule has 3 N–H and O–H groups in total. The summed E-state index contributed by atoms with van der Waals surface area (Å²) in [5, 5.41) is 27.3. The van der Waals surface area contributed by atoms with Crippen molar-refractivity contribution >= 4 is 0 Å². The van der Waals surface area contributed by atoms with Crippen LogP contribution in [0.4, 0.5) is 0 Å². The molecule has 1 aliphatic heterocycles. The number of hydrogen-bond acceptors (Lipinski definition) is 7. The van der Waals surface area contributed by atoms with Crippen LogP contribution in [0.25, 0.3) is 11.3 Å². The Hall–Kier alpha value is -3.08. The van der Waals surface area contributed by atoms with E-state index in [-0.39, 0.29) is 18.6 Å². The van der Waals surface area contributed by atoms with Gasteiger partial charge in [0.05, 0.1) is 31.0 Å². The zero-order valence-electron chi connectivity index (χ0n) is 15.7. The molecule has 3 heterocycles. The summed E-state index contributed by atoms with van der Waals surface area (Å²) in [4.78, 5) is 26.8. The Balaban J connectivity index is 1.63. The molecule has 1 aliphatic rings. The third-order valence-corrected chi connectivity index (χ3v) is 4.90. The van der Waals surface area contributed by atoms with Crippen LogP contribution in [0.3, 0.4) is 0 Å². The number of aryl methyl sites for hydroxylation is 1. The maximum absolute atomic E-state index is 12.3. The second kappa shape index (κ2) is 7.74. The predicted molar refractivity (Wildman–Crippen MR) is 102 cm³/mol. The minimum Gasteiger partial charge on any atom is -0.394 e. The summed E-state index contributed by atoms with van der Waals surface area (Å²) in [7, 11) is 0. The molecule has 0 spiro atoms. The van der Waals surface area contributed by atoms with Crippen LogP contribution in [0.1, 0.15) is 23.8 Å². The van der Waals surface area contributed by atoms with Gasteiger partial charge >= 0.3 is 5.69 Å². The molecule has 152 valence electrons. The zero-order valence-corrected chi connectivity index (χ0v) is 15.7. The van der Waals surface area contributed by atoms with Crippen LogP contribution in [0.5, 0.6) is 0 Å². The Morgan fingerprint density at radius 1 is 1.31 bits per heavy atom. The van der Waals surface area contributed by atoms with E-state index in [2.05, 4.69) is 15.3 Å². The summed E-state index contributed by atoms with van der Waals surface area (Å²) in [5.74, 6) is 0. The van der Waals surface area contributed by atoms with Gasteiger partial charge in [0, 0.05) is 12.6 Å². The number of ether oxygens (including phenoxy) is 1. The molecule has 1 aromatic carbocycles. The normalized spacial score (nSPS) is 21.6. The molecule has 1 saturated heterocycles. The number of aromatic amines is 1. The maximum Gasteiger partial charge on any atom is 0.330 e. The number of H-pyrrole nitrogens is 1. The molecular formula is C19H21N5O5. The van der Waals surface area contributed by atoms with E-state index in [1.807, 2.05) is 31.2 Å². The number of nitrogens with one attached hydrogen (secondary N) is 1. The van der Waals surface area contributed by atoms with E-state index in [0.29, 0.717) is 12.2 Å². The topological polar surface area (TPSA) is 135 Å². The molecule has 29 heavy (non-hydrogen) atoms. The van der Waals surface area contributed by atoms with Gasteiger partial charge in [0.25, 0.3) is 5.56 Å². The summed E-state index contributed by atoms with van der Waals surface area (Å²) >= 11 is 0. The Labute approximate surface area is 165 Å². The molecule has 4 rings (SSSR count). The number of hydrogen-bond donors (Lipinski definition) is 3. The minimum absolute atomic E-state index is 0.122. The molecule has 10 nitrogen and oxygen atoms in total. The van der Waals surface area contributed by atoms with Crippen LogP contribution < -0.4 is 11.2 Å². The van der Waals surface area contributed by atoms with Gasteiger partial charge in [-0.05, 0) is 12.5 Å². The van der Waals surface area contributed by atoms with Gasteiger partial charge < -0.3 is 14.9 Å². The number of aliphatic hydroxyl groups is 2. The van der Waals surface area contributed by atoms with Gasteiger partial charge in [-0.1, -0.05) is 35.0 Å². The predicted octanol–water partition coefficient (Wildman–Crippen LogP) is -0.207. The lowest BCUT2D eigenvalue weighted by molar-refractivity contribution is -0.0458. The van der Waals surface area contributed by atoms with Crippen molar-refractivity contribution in [3.05, 3.63) is 68.6 Å². The molecule has 0 amide bonds. The van der Waals surface area contributed by atoms with E-state index in [4.69, 9.17) is 4.74 Å². The highest BCUT2D eigenvalue weighted by Gasteiger charge is 2.35. The average Bonchev–Trinajstić information content (AvgIpc) is 3.28. The van der Waals surface area contributed by atoms with Crippen LogP contribution in [-0.2, 0) is 11.3 Å². The fourth-order valence-corrected chi connectivity index (χ4v) is 3.43.